The molecule has 2 nitrogen and oxygen atoms in total. The molecule has 1 aromatic heterocycles. The maximum Gasteiger partial charge on any atom is 0.0588 e. The Morgan fingerprint density at radius 2 is 1.86 bits per heavy atom. The van der Waals surface area contributed by atoms with Crippen LogP contribution in [0.3, 0.4) is 0 Å². The lowest BCUT2D eigenvalue weighted by Crippen LogP contribution is -2.23. The number of hydrogen-bond donors (Lipinski definition) is 1. The molecule has 2 unspecified atom stereocenters. The zero-order valence-corrected chi connectivity index (χ0v) is 12.8. The minimum atomic E-state index is 0.243. The van der Waals surface area contributed by atoms with Gasteiger partial charge in [-0.05, 0) is 68.2 Å². The SMILES string of the molecule is Cc1cc2c(n1C1CCCc3ccccc31)CCCC2N. The molecule has 2 atom stereocenters. The number of aryl methyl sites for hydroxylation is 2. The van der Waals surface area contributed by atoms with E-state index in [1.165, 1.54) is 60.2 Å². The van der Waals surface area contributed by atoms with Crippen LogP contribution in [0, 0.1) is 6.92 Å². The lowest BCUT2D eigenvalue weighted by atomic mass is 9.86. The number of rotatable bonds is 1. The average molecular weight is 280 g/mol. The normalized spacial score (nSPS) is 24.5. The minimum absolute atomic E-state index is 0.243. The van der Waals surface area contributed by atoms with Gasteiger partial charge in [0.1, 0.15) is 0 Å². The topological polar surface area (TPSA) is 30.9 Å². The van der Waals surface area contributed by atoms with Crippen LogP contribution in [0.4, 0.5) is 0 Å². The third kappa shape index (κ3) is 2.04. The lowest BCUT2D eigenvalue weighted by Gasteiger charge is -2.31. The van der Waals surface area contributed by atoms with E-state index in [1.807, 2.05) is 0 Å². The van der Waals surface area contributed by atoms with Gasteiger partial charge in [-0.25, -0.2) is 0 Å². The van der Waals surface area contributed by atoms with E-state index in [0.717, 1.165) is 6.42 Å². The van der Waals surface area contributed by atoms with Gasteiger partial charge >= 0.3 is 0 Å². The molecule has 2 N–H and O–H groups in total. The van der Waals surface area contributed by atoms with Crippen molar-refractivity contribution < 1.29 is 0 Å². The second-order valence-corrected chi connectivity index (χ2v) is 6.66. The first kappa shape index (κ1) is 13.1. The van der Waals surface area contributed by atoms with E-state index in [1.54, 1.807) is 0 Å². The van der Waals surface area contributed by atoms with Crippen molar-refractivity contribution in [3.05, 3.63) is 58.4 Å². The van der Waals surface area contributed by atoms with E-state index in [4.69, 9.17) is 5.73 Å². The zero-order chi connectivity index (χ0) is 14.4. The summed E-state index contributed by atoms with van der Waals surface area (Å²) < 4.78 is 2.60. The summed E-state index contributed by atoms with van der Waals surface area (Å²) in [7, 11) is 0. The standard InChI is InChI=1S/C19H24N2/c1-13-12-16-17(20)9-5-11-19(16)21(13)18-10-4-7-14-6-2-3-8-15(14)18/h2-3,6,8,12,17-18H,4-5,7,9-11,20H2,1H3. The largest absolute Gasteiger partial charge is 0.341 e. The molecule has 0 saturated carbocycles. The van der Waals surface area contributed by atoms with Gasteiger partial charge in [0, 0.05) is 17.4 Å². The van der Waals surface area contributed by atoms with E-state index in [0.29, 0.717) is 6.04 Å². The summed E-state index contributed by atoms with van der Waals surface area (Å²) in [4.78, 5) is 0. The smallest absolute Gasteiger partial charge is 0.0588 e. The van der Waals surface area contributed by atoms with Gasteiger partial charge in [-0.3, -0.25) is 0 Å². The molecule has 21 heavy (non-hydrogen) atoms. The van der Waals surface area contributed by atoms with Crippen LogP contribution in [0.5, 0.6) is 0 Å². The second kappa shape index (κ2) is 5.03. The molecule has 2 aliphatic carbocycles. The maximum absolute atomic E-state index is 6.34. The molecule has 0 radical (unpaired) electrons. The Labute approximate surface area is 127 Å². The molecule has 2 aromatic rings. The number of hydrogen-bond acceptors (Lipinski definition) is 1. The van der Waals surface area contributed by atoms with Crippen LogP contribution in [0.1, 0.15) is 65.8 Å². The summed E-state index contributed by atoms with van der Waals surface area (Å²) in [5.74, 6) is 0. The Morgan fingerprint density at radius 3 is 2.76 bits per heavy atom. The molecule has 2 aliphatic rings. The van der Waals surface area contributed by atoms with Gasteiger partial charge in [0.2, 0.25) is 0 Å². The molecule has 110 valence electrons. The first-order valence-corrected chi connectivity index (χ1v) is 8.29. The third-order valence-corrected chi connectivity index (χ3v) is 5.35. The number of fused-ring (bicyclic) bond motifs is 2. The summed E-state index contributed by atoms with van der Waals surface area (Å²) >= 11 is 0. The molecule has 0 aliphatic heterocycles. The van der Waals surface area contributed by atoms with Gasteiger partial charge in [-0.2, -0.15) is 0 Å². The second-order valence-electron chi connectivity index (χ2n) is 6.66. The molecule has 1 heterocycles. The molecule has 0 saturated heterocycles. The maximum atomic E-state index is 6.34. The predicted molar refractivity (Wildman–Crippen MR) is 86.6 cm³/mol. The number of nitrogens with zero attached hydrogens (tertiary/aromatic N) is 1. The van der Waals surface area contributed by atoms with Crippen molar-refractivity contribution in [2.45, 2.75) is 57.5 Å². The van der Waals surface area contributed by atoms with Crippen molar-refractivity contribution >= 4 is 0 Å². The van der Waals surface area contributed by atoms with Crippen LogP contribution in [0.2, 0.25) is 0 Å². The number of nitrogens with two attached hydrogens (primary N) is 1. The molecule has 0 amide bonds. The van der Waals surface area contributed by atoms with Crippen molar-refractivity contribution in [2.24, 2.45) is 5.73 Å². The molecule has 0 fully saturated rings. The quantitative estimate of drug-likeness (QED) is 0.839. The van der Waals surface area contributed by atoms with E-state index in [2.05, 4.69) is 41.8 Å². The van der Waals surface area contributed by atoms with E-state index < -0.39 is 0 Å². The highest BCUT2D eigenvalue weighted by molar-refractivity contribution is 5.38. The van der Waals surface area contributed by atoms with Crippen LogP contribution in [0.25, 0.3) is 0 Å². The Balaban J connectivity index is 1.85. The average Bonchev–Trinajstić information content (AvgIpc) is 2.84. The Kier molecular flexibility index (Phi) is 3.15. The first-order valence-electron chi connectivity index (χ1n) is 8.29. The fourth-order valence-corrected chi connectivity index (χ4v) is 4.39. The summed E-state index contributed by atoms with van der Waals surface area (Å²) in [5, 5.41) is 0. The van der Waals surface area contributed by atoms with Crippen LogP contribution >= 0.6 is 0 Å². The highest BCUT2D eigenvalue weighted by Crippen LogP contribution is 2.39. The van der Waals surface area contributed by atoms with Gasteiger partial charge in [0.15, 0.2) is 0 Å². The summed E-state index contributed by atoms with van der Waals surface area (Å²) in [6, 6.07) is 12.1. The van der Waals surface area contributed by atoms with E-state index >= 15 is 0 Å². The van der Waals surface area contributed by atoms with Gasteiger partial charge < -0.3 is 10.3 Å². The van der Waals surface area contributed by atoms with Crippen LogP contribution in [-0.2, 0) is 12.8 Å². The van der Waals surface area contributed by atoms with Crippen molar-refractivity contribution in [2.75, 3.05) is 0 Å². The van der Waals surface area contributed by atoms with Crippen LogP contribution < -0.4 is 5.73 Å². The molecule has 4 rings (SSSR count). The molecule has 2 heteroatoms. The lowest BCUT2D eigenvalue weighted by molar-refractivity contribution is 0.454. The van der Waals surface area contributed by atoms with Crippen molar-refractivity contribution in [3.8, 4) is 0 Å². The van der Waals surface area contributed by atoms with Gasteiger partial charge in [-0.15, -0.1) is 0 Å². The van der Waals surface area contributed by atoms with Crippen LogP contribution in [-0.4, -0.2) is 4.57 Å². The number of benzene rings is 1. The van der Waals surface area contributed by atoms with Gasteiger partial charge in [0.05, 0.1) is 6.04 Å². The highest BCUT2D eigenvalue weighted by Gasteiger charge is 2.28. The Hall–Kier alpha value is -1.54. The van der Waals surface area contributed by atoms with Crippen molar-refractivity contribution in [3.63, 3.8) is 0 Å². The monoisotopic (exact) mass is 280 g/mol. The van der Waals surface area contributed by atoms with Crippen molar-refractivity contribution in [1.29, 1.82) is 0 Å². The highest BCUT2D eigenvalue weighted by atomic mass is 15.0. The van der Waals surface area contributed by atoms with Crippen molar-refractivity contribution in [1.82, 2.24) is 4.57 Å². The molecule has 0 spiro atoms. The van der Waals surface area contributed by atoms with Gasteiger partial charge in [0.25, 0.3) is 0 Å². The zero-order valence-electron chi connectivity index (χ0n) is 12.8. The predicted octanol–water partition coefficient (Wildman–Crippen LogP) is 4.06. The van der Waals surface area contributed by atoms with Gasteiger partial charge in [-0.1, -0.05) is 24.3 Å². The van der Waals surface area contributed by atoms with Crippen LogP contribution in [0.15, 0.2) is 30.3 Å². The fraction of sp³-hybridized carbons (Fsp3) is 0.474. The third-order valence-electron chi connectivity index (χ3n) is 5.35. The molecular formula is C19H24N2. The molecule has 1 aromatic carbocycles. The summed E-state index contributed by atoms with van der Waals surface area (Å²) in [6.45, 7) is 2.25. The Morgan fingerprint density at radius 1 is 1.05 bits per heavy atom. The van der Waals surface area contributed by atoms with E-state index in [-0.39, 0.29) is 6.04 Å². The Bertz CT molecular complexity index is 668. The fourth-order valence-electron chi connectivity index (χ4n) is 4.39. The summed E-state index contributed by atoms with van der Waals surface area (Å²) in [5.41, 5.74) is 13.7. The first-order chi connectivity index (χ1) is 10.3. The molecular weight excluding hydrogens is 256 g/mol. The minimum Gasteiger partial charge on any atom is -0.341 e. The molecule has 0 bridgehead atoms. The summed E-state index contributed by atoms with van der Waals surface area (Å²) in [6.07, 6.45) is 7.34. The van der Waals surface area contributed by atoms with E-state index in [9.17, 15) is 0 Å². The number of aromatic nitrogens is 1.